The number of aromatic nitrogens is 2. The zero-order valence-electron chi connectivity index (χ0n) is 6.62. The Morgan fingerprint density at radius 1 is 1.83 bits per heavy atom. The molecule has 4 nitrogen and oxygen atoms in total. The van der Waals surface area contributed by atoms with Crippen LogP contribution in [0.1, 0.15) is 12.1 Å². The zero-order valence-corrected chi connectivity index (χ0v) is 8.21. The quantitative estimate of drug-likeness (QED) is 0.853. The normalized spacial score (nSPS) is 10.2. The minimum Gasteiger partial charge on any atom is -0.481 e. The van der Waals surface area contributed by atoms with Crippen molar-refractivity contribution >= 4 is 21.9 Å². The molecular formula is C7H9BrN2O2. The minimum absolute atomic E-state index is 0.145. The Morgan fingerprint density at radius 3 is 2.92 bits per heavy atom. The average molecular weight is 233 g/mol. The lowest BCUT2D eigenvalue weighted by atomic mass is 10.2. The molecule has 1 N–H and O–H groups in total. The largest absolute Gasteiger partial charge is 0.481 e. The van der Waals surface area contributed by atoms with E-state index in [1.807, 2.05) is 6.07 Å². The molecule has 0 aliphatic rings. The Kier molecular flexibility index (Phi) is 2.86. The van der Waals surface area contributed by atoms with Crippen molar-refractivity contribution in [2.75, 3.05) is 0 Å². The fourth-order valence-electron chi connectivity index (χ4n) is 0.936. The number of rotatable bonds is 3. The number of hydrogen-bond donors (Lipinski definition) is 1. The second-order valence-electron chi connectivity index (χ2n) is 2.48. The molecule has 0 spiro atoms. The van der Waals surface area contributed by atoms with Gasteiger partial charge in [-0.15, -0.1) is 0 Å². The van der Waals surface area contributed by atoms with Crippen LogP contribution in [0.25, 0.3) is 0 Å². The van der Waals surface area contributed by atoms with Crippen molar-refractivity contribution in [2.24, 2.45) is 7.05 Å². The summed E-state index contributed by atoms with van der Waals surface area (Å²) in [7, 11) is 1.79. The lowest BCUT2D eigenvalue weighted by Crippen LogP contribution is -2.02. The number of carboxylic acids is 1. The maximum Gasteiger partial charge on any atom is 0.303 e. The van der Waals surface area contributed by atoms with E-state index in [9.17, 15) is 4.79 Å². The molecule has 1 aromatic heterocycles. The van der Waals surface area contributed by atoms with Crippen molar-refractivity contribution in [3.8, 4) is 0 Å². The van der Waals surface area contributed by atoms with E-state index < -0.39 is 5.97 Å². The van der Waals surface area contributed by atoms with Crippen molar-refractivity contribution in [3.63, 3.8) is 0 Å². The highest BCUT2D eigenvalue weighted by Gasteiger charge is 2.04. The van der Waals surface area contributed by atoms with Crippen LogP contribution < -0.4 is 0 Å². The third-order valence-electron chi connectivity index (χ3n) is 1.54. The maximum atomic E-state index is 10.2. The molecule has 66 valence electrons. The summed E-state index contributed by atoms with van der Waals surface area (Å²) >= 11 is 3.21. The van der Waals surface area contributed by atoms with Gasteiger partial charge in [-0.05, 0) is 28.4 Å². The molecule has 0 amide bonds. The standard InChI is InChI=1S/C7H9BrN2O2/c1-10-5(2-3-7(11)12)4-6(8)9-10/h4H,2-3H2,1H3,(H,11,12). The summed E-state index contributed by atoms with van der Waals surface area (Å²) in [6.45, 7) is 0. The van der Waals surface area contributed by atoms with E-state index in [1.165, 1.54) is 0 Å². The van der Waals surface area contributed by atoms with Crippen LogP contribution in [-0.4, -0.2) is 20.9 Å². The molecule has 1 rings (SSSR count). The molecule has 0 saturated heterocycles. The van der Waals surface area contributed by atoms with Crippen molar-refractivity contribution in [2.45, 2.75) is 12.8 Å². The summed E-state index contributed by atoms with van der Waals surface area (Å²) in [5, 5.41) is 12.5. The monoisotopic (exact) mass is 232 g/mol. The molecule has 1 aromatic rings. The lowest BCUT2D eigenvalue weighted by molar-refractivity contribution is -0.136. The molecule has 0 saturated carbocycles. The van der Waals surface area contributed by atoms with Crippen LogP contribution >= 0.6 is 15.9 Å². The third-order valence-corrected chi connectivity index (χ3v) is 1.93. The molecule has 0 unspecified atom stereocenters. The molecule has 1 heterocycles. The van der Waals surface area contributed by atoms with Crippen molar-refractivity contribution < 1.29 is 9.90 Å². The number of halogens is 1. The van der Waals surface area contributed by atoms with Gasteiger partial charge in [0.05, 0.1) is 6.42 Å². The van der Waals surface area contributed by atoms with Crippen LogP contribution in [0.3, 0.4) is 0 Å². The first-order valence-corrected chi connectivity index (χ1v) is 4.29. The smallest absolute Gasteiger partial charge is 0.303 e. The number of carboxylic acid groups (broad SMARTS) is 1. The van der Waals surface area contributed by atoms with Gasteiger partial charge < -0.3 is 5.11 Å². The van der Waals surface area contributed by atoms with Crippen LogP contribution in [0, 0.1) is 0 Å². The van der Waals surface area contributed by atoms with E-state index in [-0.39, 0.29) is 6.42 Å². The van der Waals surface area contributed by atoms with Crippen LogP contribution in [-0.2, 0) is 18.3 Å². The van der Waals surface area contributed by atoms with Gasteiger partial charge in [0.2, 0.25) is 0 Å². The van der Waals surface area contributed by atoms with Gasteiger partial charge in [-0.1, -0.05) is 0 Å². The summed E-state index contributed by atoms with van der Waals surface area (Å²) in [5.41, 5.74) is 0.921. The SMILES string of the molecule is Cn1nc(Br)cc1CCC(=O)O. The molecule has 0 atom stereocenters. The van der Waals surface area contributed by atoms with Gasteiger partial charge >= 0.3 is 5.97 Å². The molecule has 0 aliphatic heterocycles. The Labute approximate surface area is 78.3 Å². The first-order chi connectivity index (χ1) is 5.59. The Hall–Kier alpha value is -0.840. The Bertz CT molecular complexity index is 296. The van der Waals surface area contributed by atoms with Crippen molar-refractivity contribution in [1.29, 1.82) is 0 Å². The fraction of sp³-hybridized carbons (Fsp3) is 0.429. The van der Waals surface area contributed by atoms with Gasteiger partial charge in [0, 0.05) is 12.7 Å². The predicted octanol–water partition coefficient (Wildman–Crippen LogP) is 1.20. The number of hydrogen-bond acceptors (Lipinski definition) is 2. The van der Waals surface area contributed by atoms with Gasteiger partial charge in [-0.25, -0.2) is 0 Å². The van der Waals surface area contributed by atoms with Crippen molar-refractivity contribution in [1.82, 2.24) is 9.78 Å². The number of aliphatic carboxylic acids is 1. The highest BCUT2D eigenvalue weighted by atomic mass is 79.9. The highest BCUT2D eigenvalue weighted by molar-refractivity contribution is 9.10. The average Bonchev–Trinajstić information content (AvgIpc) is 2.26. The summed E-state index contributed by atoms with van der Waals surface area (Å²) < 4.78 is 2.41. The summed E-state index contributed by atoms with van der Waals surface area (Å²) in [6.07, 6.45) is 0.663. The van der Waals surface area contributed by atoms with Gasteiger partial charge in [-0.2, -0.15) is 5.10 Å². The number of aryl methyl sites for hydroxylation is 2. The second-order valence-corrected chi connectivity index (χ2v) is 3.29. The van der Waals surface area contributed by atoms with Gasteiger partial charge in [0.25, 0.3) is 0 Å². The lowest BCUT2D eigenvalue weighted by Gasteiger charge is -1.97. The molecule has 0 aliphatic carbocycles. The molecule has 0 bridgehead atoms. The van der Waals surface area contributed by atoms with Crippen LogP contribution in [0.15, 0.2) is 10.7 Å². The summed E-state index contributed by atoms with van der Waals surface area (Å²) in [5.74, 6) is -0.785. The van der Waals surface area contributed by atoms with Crippen LogP contribution in [0.2, 0.25) is 0 Å². The van der Waals surface area contributed by atoms with Gasteiger partial charge in [0.1, 0.15) is 4.60 Å². The first kappa shape index (κ1) is 9.25. The van der Waals surface area contributed by atoms with E-state index in [1.54, 1.807) is 11.7 Å². The predicted molar refractivity (Wildman–Crippen MR) is 46.9 cm³/mol. The second kappa shape index (κ2) is 3.71. The molecular weight excluding hydrogens is 224 g/mol. The van der Waals surface area contributed by atoms with E-state index in [0.29, 0.717) is 6.42 Å². The van der Waals surface area contributed by atoms with E-state index in [0.717, 1.165) is 10.3 Å². The van der Waals surface area contributed by atoms with Crippen LogP contribution in [0.5, 0.6) is 0 Å². The first-order valence-electron chi connectivity index (χ1n) is 3.50. The van der Waals surface area contributed by atoms with Crippen molar-refractivity contribution in [3.05, 3.63) is 16.4 Å². The summed E-state index contributed by atoms with van der Waals surface area (Å²) in [6, 6.07) is 1.82. The molecule has 5 heteroatoms. The molecule has 12 heavy (non-hydrogen) atoms. The Balaban J connectivity index is 2.62. The third kappa shape index (κ3) is 2.34. The minimum atomic E-state index is -0.785. The van der Waals surface area contributed by atoms with E-state index in [2.05, 4.69) is 21.0 Å². The van der Waals surface area contributed by atoms with Gasteiger partial charge in [-0.3, -0.25) is 9.48 Å². The highest BCUT2D eigenvalue weighted by Crippen LogP contribution is 2.10. The molecule has 0 radical (unpaired) electrons. The van der Waals surface area contributed by atoms with E-state index >= 15 is 0 Å². The molecule has 0 aromatic carbocycles. The van der Waals surface area contributed by atoms with Gasteiger partial charge in [0.15, 0.2) is 0 Å². The molecule has 0 fully saturated rings. The number of carbonyl (C=O) groups is 1. The summed E-state index contributed by atoms with van der Waals surface area (Å²) in [4.78, 5) is 10.2. The zero-order chi connectivity index (χ0) is 9.14. The number of nitrogens with zero attached hydrogens (tertiary/aromatic N) is 2. The maximum absolute atomic E-state index is 10.2. The topological polar surface area (TPSA) is 55.1 Å². The Morgan fingerprint density at radius 2 is 2.50 bits per heavy atom. The van der Waals surface area contributed by atoms with E-state index in [4.69, 9.17) is 5.11 Å². The fourth-order valence-corrected chi connectivity index (χ4v) is 1.44. The van der Waals surface area contributed by atoms with Crippen LogP contribution in [0.4, 0.5) is 0 Å².